The summed E-state index contributed by atoms with van der Waals surface area (Å²) in [7, 11) is 0. The Morgan fingerprint density at radius 3 is 2.00 bits per heavy atom. The van der Waals surface area contributed by atoms with E-state index in [-0.39, 0.29) is 11.6 Å². The fraction of sp³-hybridized carbons (Fsp3) is 0.176. The van der Waals surface area contributed by atoms with E-state index < -0.39 is 0 Å². The van der Waals surface area contributed by atoms with Crippen molar-refractivity contribution in [2.75, 3.05) is 0 Å². The summed E-state index contributed by atoms with van der Waals surface area (Å²) < 4.78 is 0. The average Bonchev–Trinajstić information content (AvgIpc) is 2.46. The van der Waals surface area contributed by atoms with Crippen LogP contribution in [0.4, 0.5) is 0 Å². The first-order valence-corrected chi connectivity index (χ1v) is 6.37. The number of carbonyl (C=O) groups is 2. The Labute approximate surface area is 113 Å². The van der Waals surface area contributed by atoms with Gasteiger partial charge in [-0.15, -0.1) is 0 Å². The van der Waals surface area contributed by atoms with Crippen molar-refractivity contribution in [2.45, 2.75) is 20.3 Å². The van der Waals surface area contributed by atoms with Gasteiger partial charge in [0.05, 0.1) is 0 Å². The van der Waals surface area contributed by atoms with Crippen LogP contribution in [0.5, 0.6) is 0 Å². The van der Waals surface area contributed by atoms with Crippen LogP contribution in [0.25, 0.3) is 0 Å². The maximum Gasteiger partial charge on any atom is 0.193 e. The fourth-order valence-electron chi connectivity index (χ4n) is 2.04. The number of carbonyl (C=O) groups excluding carboxylic acids is 2. The molecule has 2 nitrogen and oxygen atoms in total. The van der Waals surface area contributed by atoms with Gasteiger partial charge < -0.3 is 0 Å². The lowest BCUT2D eigenvalue weighted by Gasteiger charge is -2.06. The second-order valence-corrected chi connectivity index (χ2v) is 4.48. The van der Waals surface area contributed by atoms with Crippen molar-refractivity contribution in [2.24, 2.45) is 0 Å². The first-order valence-electron chi connectivity index (χ1n) is 6.37. The summed E-state index contributed by atoms with van der Waals surface area (Å²) in [6.07, 6.45) is 0.943. The smallest absolute Gasteiger partial charge is 0.193 e. The summed E-state index contributed by atoms with van der Waals surface area (Å²) in [4.78, 5) is 24.0. The topological polar surface area (TPSA) is 34.1 Å². The molecule has 0 heterocycles. The summed E-state index contributed by atoms with van der Waals surface area (Å²) in [6.45, 7) is 3.55. The van der Waals surface area contributed by atoms with E-state index in [1.165, 1.54) is 12.5 Å². The molecule has 0 atom stereocenters. The Morgan fingerprint density at radius 2 is 1.47 bits per heavy atom. The molecular weight excluding hydrogens is 236 g/mol. The molecule has 0 aliphatic heterocycles. The number of Topliss-reactive ketones (excluding diaryl/α,β-unsaturated/α-hetero) is 1. The molecule has 2 rings (SSSR count). The van der Waals surface area contributed by atoms with E-state index in [9.17, 15) is 9.59 Å². The molecule has 0 aliphatic carbocycles. The highest BCUT2D eigenvalue weighted by atomic mass is 16.1. The SMILES string of the molecule is CCc1ccc(C(=O)c2ccccc2C(C)=O)cc1. The van der Waals surface area contributed by atoms with Gasteiger partial charge >= 0.3 is 0 Å². The van der Waals surface area contributed by atoms with E-state index in [2.05, 4.69) is 6.92 Å². The number of rotatable bonds is 4. The standard InChI is InChI=1S/C17H16O2/c1-3-13-8-10-14(11-9-13)17(19)16-7-5-4-6-15(16)12(2)18/h4-11H,3H2,1-2H3. The predicted molar refractivity (Wildman–Crippen MR) is 75.7 cm³/mol. The van der Waals surface area contributed by atoms with Crippen LogP contribution in [0, 0.1) is 0 Å². The van der Waals surface area contributed by atoms with Crippen LogP contribution in [0.2, 0.25) is 0 Å². The third-order valence-corrected chi connectivity index (χ3v) is 3.18. The lowest BCUT2D eigenvalue weighted by atomic mass is 9.96. The first kappa shape index (κ1) is 13.2. The van der Waals surface area contributed by atoms with Gasteiger partial charge in [0.2, 0.25) is 0 Å². The van der Waals surface area contributed by atoms with Gasteiger partial charge in [-0.2, -0.15) is 0 Å². The molecular formula is C17H16O2. The van der Waals surface area contributed by atoms with Crippen molar-refractivity contribution in [3.8, 4) is 0 Å². The molecule has 0 saturated carbocycles. The third kappa shape index (κ3) is 2.79. The molecule has 0 radical (unpaired) electrons. The maximum atomic E-state index is 12.4. The highest BCUT2D eigenvalue weighted by Crippen LogP contribution is 2.16. The zero-order valence-corrected chi connectivity index (χ0v) is 11.1. The lowest BCUT2D eigenvalue weighted by Crippen LogP contribution is -2.08. The number of hydrogen-bond donors (Lipinski definition) is 0. The maximum absolute atomic E-state index is 12.4. The van der Waals surface area contributed by atoms with E-state index in [4.69, 9.17) is 0 Å². The van der Waals surface area contributed by atoms with Crippen LogP contribution >= 0.6 is 0 Å². The minimum atomic E-state index is -0.103. The molecule has 0 fully saturated rings. The van der Waals surface area contributed by atoms with E-state index in [0.29, 0.717) is 16.7 Å². The van der Waals surface area contributed by atoms with Crippen molar-refractivity contribution in [3.05, 3.63) is 70.8 Å². The van der Waals surface area contributed by atoms with E-state index in [1.807, 2.05) is 24.3 Å². The van der Waals surface area contributed by atoms with Gasteiger partial charge in [0.25, 0.3) is 0 Å². The van der Waals surface area contributed by atoms with Gasteiger partial charge in [-0.25, -0.2) is 0 Å². The van der Waals surface area contributed by atoms with Crippen LogP contribution in [0.1, 0.15) is 45.7 Å². The van der Waals surface area contributed by atoms with Crippen LogP contribution in [0.15, 0.2) is 48.5 Å². The largest absolute Gasteiger partial charge is 0.294 e. The molecule has 0 aliphatic rings. The van der Waals surface area contributed by atoms with Crippen molar-refractivity contribution < 1.29 is 9.59 Å². The molecule has 2 aromatic carbocycles. The van der Waals surface area contributed by atoms with Crippen LogP contribution in [-0.2, 0) is 6.42 Å². The third-order valence-electron chi connectivity index (χ3n) is 3.18. The molecule has 2 heteroatoms. The minimum Gasteiger partial charge on any atom is -0.294 e. The van der Waals surface area contributed by atoms with Crippen LogP contribution in [-0.4, -0.2) is 11.6 Å². The number of hydrogen-bond acceptors (Lipinski definition) is 2. The Hall–Kier alpha value is -2.22. The van der Waals surface area contributed by atoms with Crippen LogP contribution < -0.4 is 0 Å². The van der Waals surface area contributed by atoms with E-state index in [1.54, 1.807) is 24.3 Å². The van der Waals surface area contributed by atoms with Gasteiger partial charge in [0.1, 0.15) is 0 Å². The normalized spacial score (nSPS) is 10.2. The highest BCUT2D eigenvalue weighted by Gasteiger charge is 2.15. The molecule has 19 heavy (non-hydrogen) atoms. The van der Waals surface area contributed by atoms with Crippen molar-refractivity contribution >= 4 is 11.6 Å². The lowest BCUT2D eigenvalue weighted by molar-refractivity contribution is 0.0990. The monoisotopic (exact) mass is 252 g/mol. The minimum absolute atomic E-state index is 0.0888. The summed E-state index contributed by atoms with van der Waals surface area (Å²) >= 11 is 0. The van der Waals surface area contributed by atoms with Gasteiger partial charge in [-0.3, -0.25) is 9.59 Å². The van der Waals surface area contributed by atoms with E-state index in [0.717, 1.165) is 6.42 Å². The quantitative estimate of drug-likeness (QED) is 0.778. The summed E-state index contributed by atoms with van der Waals surface area (Å²) in [5.74, 6) is -0.192. The Bertz CT molecular complexity index is 609. The Balaban J connectivity index is 2.41. The van der Waals surface area contributed by atoms with Crippen molar-refractivity contribution in [3.63, 3.8) is 0 Å². The summed E-state index contributed by atoms with van der Waals surface area (Å²) in [5.41, 5.74) is 2.76. The Morgan fingerprint density at radius 1 is 0.895 bits per heavy atom. The second kappa shape index (κ2) is 5.61. The fourth-order valence-corrected chi connectivity index (χ4v) is 2.04. The highest BCUT2D eigenvalue weighted by molar-refractivity contribution is 6.15. The van der Waals surface area contributed by atoms with Gasteiger partial charge in [0, 0.05) is 16.7 Å². The van der Waals surface area contributed by atoms with Crippen LogP contribution in [0.3, 0.4) is 0 Å². The summed E-state index contributed by atoms with van der Waals surface area (Å²) in [6, 6.07) is 14.5. The molecule has 0 bridgehead atoms. The first-order chi connectivity index (χ1) is 9.13. The van der Waals surface area contributed by atoms with Gasteiger partial charge in [-0.05, 0) is 18.9 Å². The number of aryl methyl sites for hydroxylation is 1. The molecule has 96 valence electrons. The number of ketones is 2. The molecule has 0 amide bonds. The molecule has 0 aromatic heterocycles. The molecule has 0 spiro atoms. The van der Waals surface area contributed by atoms with E-state index >= 15 is 0 Å². The second-order valence-electron chi connectivity index (χ2n) is 4.48. The average molecular weight is 252 g/mol. The molecule has 0 N–H and O–H groups in total. The predicted octanol–water partition coefficient (Wildman–Crippen LogP) is 3.68. The van der Waals surface area contributed by atoms with Gasteiger partial charge in [0.15, 0.2) is 11.6 Å². The van der Waals surface area contributed by atoms with Gasteiger partial charge in [-0.1, -0.05) is 55.5 Å². The number of benzene rings is 2. The molecule has 0 unspecified atom stereocenters. The zero-order chi connectivity index (χ0) is 13.8. The molecule has 2 aromatic rings. The summed E-state index contributed by atoms with van der Waals surface area (Å²) in [5, 5.41) is 0. The Kier molecular flexibility index (Phi) is 3.91. The zero-order valence-electron chi connectivity index (χ0n) is 11.1. The van der Waals surface area contributed by atoms with Crippen molar-refractivity contribution in [1.82, 2.24) is 0 Å². The molecule has 0 saturated heterocycles. The van der Waals surface area contributed by atoms with Crippen molar-refractivity contribution in [1.29, 1.82) is 0 Å².